The van der Waals surface area contributed by atoms with Gasteiger partial charge >= 0.3 is 6.09 Å². The van der Waals surface area contributed by atoms with E-state index in [4.69, 9.17) is 9.84 Å². The maximum absolute atomic E-state index is 14.4. The molecule has 4 aromatic heterocycles. The van der Waals surface area contributed by atoms with Crippen molar-refractivity contribution in [3.05, 3.63) is 66.1 Å². The summed E-state index contributed by atoms with van der Waals surface area (Å²) >= 11 is 0. The standard InChI is InChI=1S/C30H32FN9O5/c1-30(2,44)26(31)16-35-28(41)22-15-33-24(25-5-4-20-9-18(11-32)12-37-40(20)25)10-23(22)38-19-3-6-27(34-13-19)39-7-8-45-21(17-39)14-36-29(42)43/h3-6,9-10,12-13,15,21,26,36,44H,7-8,14,16-17H2,1-2H3,(H,33,38)(H,35,41)(H,42,43)/t21-,26+/m0/s1. The number of nitriles is 1. The highest BCUT2D eigenvalue weighted by molar-refractivity contribution is 6.00. The van der Waals surface area contributed by atoms with E-state index in [1.54, 1.807) is 47.1 Å². The molecule has 0 bridgehead atoms. The number of morpholine rings is 1. The van der Waals surface area contributed by atoms with E-state index in [1.165, 1.54) is 26.2 Å². The number of amides is 2. The molecule has 0 unspecified atom stereocenters. The second-order valence-electron chi connectivity index (χ2n) is 11.0. The fraction of sp³-hybridized carbons (Fsp3) is 0.333. The third-order valence-electron chi connectivity index (χ3n) is 7.22. The van der Waals surface area contributed by atoms with Gasteiger partial charge in [0.1, 0.15) is 18.1 Å². The number of hydrogen-bond donors (Lipinski definition) is 5. The number of anilines is 3. The zero-order valence-electron chi connectivity index (χ0n) is 24.6. The molecule has 2 amide bonds. The number of carbonyl (C=O) groups is 2. The minimum Gasteiger partial charge on any atom is -0.465 e. The number of nitrogens with zero attached hydrogens (tertiary/aromatic N) is 6. The number of aliphatic hydroxyl groups is 1. The lowest BCUT2D eigenvalue weighted by Gasteiger charge is -2.33. The number of pyridine rings is 2. The maximum atomic E-state index is 14.4. The van der Waals surface area contributed by atoms with Gasteiger partial charge in [-0.2, -0.15) is 10.4 Å². The van der Waals surface area contributed by atoms with Gasteiger partial charge in [0.05, 0.1) is 76.7 Å². The van der Waals surface area contributed by atoms with Crippen LogP contribution in [0.5, 0.6) is 0 Å². The Morgan fingerprint density at radius 3 is 2.71 bits per heavy atom. The first kappa shape index (κ1) is 31.1. The molecule has 0 aliphatic carbocycles. The lowest BCUT2D eigenvalue weighted by Crippen LogP contribution is -2.47. The molecule has 1 aliphatic heterocycles. The van der Waals surface area contributed by atoms with Crippen molar-refractivity contribution < 1.29 is 28.9 Å². The van der Waals surface area contributed by atoms with Crippen LogP contribution in [-0.4, -0.2) is 92.5 Å². The van der Waals surface area contributed by atoms with Crippen LogP contribution in [0.25, 0.3) is 16.9 Å². The van der Waals surface area contributed by atoms with Gasteiger partial charge in [-0.25, -0.2) is 18.7 Å². The summed E-state index contributed by atoms with van der Waals surface area (Å²) in [6.07, 6.45) is 1.28. The zero-order valence-corrected chi connectivity index (χ0v) is 24.6. The molecule has 45 heavy (non-hydrogen) atoms. The Morgan fingerprint density at radius 2 is 2.00 bits per heavy atom. The Hall–Kier alpha value is -5.33. The number of carboxylic acid groups (broad SMARTS) is 1. The topological polar surface area (TPSA) is 190 Å². The highest BCUT2D eigenvalue weighted by atomic mass is 19.1. The molecular formula is C30H32FN9O5. The van der Waals surface area contributed by atoms with E-state index in [0.29, 0.717) is 59.4 Å². The van der Waals surface area contributed by atoms with E-state index < -0.39 is 30.3 Å². The van der Waals surface area contributed by atoms with Gasteiger partial charge in [0.15, 0.2) is 0 Å². The molecule has 1 fully saturated rings. The van der Waals surface area contributed by atoms with Crippen LogP contribution in [-0.2, 0) is 4.74 Å². The van der Waals surface area contributed by atoms with Gasteiger partial charge in [0, 0.05) is 25.8 Å². The lowest BCUT2D eigenvalue weighted by molar-refractivity contribution is -0.00178. The summed E-state index contributed by atoms with van der Waals surface area (Å²) in [5.74, 6) is 0.0693. The predicted octanol–water partition coefficient (Wildman–Crippen LogP) is 2.72. The quantitative estimate of drug-likeness (QED) is 0.176. The number of ether oxygens (including phenoxy) is 1. The van der Waals surface area contributed by atoms with Crippen molar-refractivity contribution in [3.8, 4) is 17.5 Å². The number of rotatable bonds is 10. The van der Waals surface area contributed by atoms with E-state index in [-0.39, 0.29) is 18.2 Å². The van der Waals surface area contributed by atoms with Crippen molar-refractivity contribution in [2.24, 2.45) is 0 Å². The number of halogens is 1. The van der Waals surface area contributed by atoms with Gasteiger partial charge in [-0.3, -0.25) is 9.78 Å². The molecule has 15 heteroatoms. The first-order valence-corrected chi connectivity index (χ1v) is 14.1. The van der Waals surface area contributed by atoms with Gasteiger partial charge in [0.2, 0.25) is 0 Å². The summed E-state index contributed by atoms with van der Waals surface area (Å²) in [5, 5.41) is 40.5. The Kier molecular flexibility index (Phi) is 9.07. The first-order chi connectivity index (χ1) is 21.5. The Balaban J connectivity index is 1.40. The van der Waals surface area contributed by atoms with Crippen molar-refractivity contribution in [1.29, 1.82) is 5.26 Å². The molecule has 1 aliphatic rings. The van der Waals surface area contributed by atoms with Crippen molar-refractivity contribution in [1.82, 2.24) is 30.2 Å². The van der Waals surface area contributed by atoms with Gasteiger partial charge in [-0.1, -0.05) is 0 Å². The van der Waals surface area contributed by atoms with Crippen LogP contribution in [0.15, 0.2) is 55.0 Å². The Labute approximate surface area is 257 Å². The maximum Gasteiger partial charge on any atom is 0.404 e. The molecule has 5 heterocycles. The van der Waals surface area contributed by atoms with Gasteiger partial charge in [-0.15, -0.1) is 0 Å². The van der Waals surface area contributed by atoms with Crippen LogP contribution in [0.1, 0.15) is 29.8 Å². The fourth-order valence-corrected chi connectivity index (χ4v) is 4.72. The molecule has 14 nitrogen and oxygen atoms in total. The highest BCUT2D eigenvalue weighted by Gasteiger charge is 2.27. The summed E-state index contributed by atoms with van der Waals surface area (Å²) in [6.45, 7) is 3.85. The van der Waals surface area contributed by atoms with E-state index in [0.717, 1.165) is 0 Å². The molecule has 1 saturated heterocycles. The number of alkyl halides is 1. The molecule has 0 saturated carbocycles. The van der Waals surface area contributed by atoms with Crippen molar-refractivity contribution in [2.45, 2.75) is 31.7 Å². The molecule has 4 aromatic rings. The third kappa shape index (κ3) is 7.43. The normalized spacial score (nSPS) is 15.7. The van der Waals surface area contributed by atoms with E-state index in [1.807, 2.05) is 4.90 Å². The highest BCUT2D eigenvalue weighted by Crippen LogP contribution is 2.28. The SMILES string of the molecule is CC(C)(O)[C@H](F)CNC(=O)c1cnc(-c2ccc3cc(C#N)cnn23)cc1Nc1ccc(N2CCO[C@@H](CNC(=O)O)C2)nc1. The van der Waals surface area contributed by atoms with Crippen LogP contribution < -0.4 is 20.9 Å². The summed E-state index contributed by atoms with van der Waals surface area (Å²) in [6, 6.07) is 12.6. The second-order valence-corrected chi connectivity index (χ2v) is 11.0. The van der Waals surface area contributed by atoms with Gasteiger partial charge in [-0.05, 0) is 50.2 Å². The molecule has 2 atom stereocenters. The average Bonchev–Trinajstić information content (AvgIpc) is 3.46. The van der Waals surface area contributed by atoms with Crippen LogP contribution in [0, 0.1) is 11.3 Å². The van der Waals surface area contributed by atoms with Crippen LogP contribution in [0.4, 0.5) is 26.4 Å². The fourth-order valence-electron chi connectivity index (χ4n) is 4.72. The largest absolute Gasteiger partial charge is 0.465 e. The van der Waals surface area contributed by atoms with Crippen molar-refractivity contribution >= 4 is 34.7 Å². The predicted molar refractivity (Wildman–Crippen MR) is 162 cm³/mol. The van der Waals surface area contributed by atoms with E-state index in [2.05, 4.69) is 37.1 Å². The number of hydrogen-bond acceptors (Lipinski definition) is 10. The number of fused-ring (bicyclic) bond motifs is 1. The van der Waals surface area contributed by atoms with Crippen LogP contribution in [0.2, 0.25) is 0 Å². The smallest absolute Gasteiger partial charge is 0.404 e. The minimum atomic E-state index is -1.70. The average molecular weight is 618 g/mol. The molecule has 5 N–H and O–H groups in total. The monoisotopic (exact) mass is 617 g/mol. The molecule has 0 radical (unpaired) electrons. The van der Waals surface area contributed by atoms with Gasteiger partial charge < -0.3 is 35.8 Å². The second kappa shape index (κ2) is 13.1. The number of nitrogens with one attached hydrogen (secondary N) is 3. The van der Waals surface area contributed by atoms with Crippen molar-refractivity contribution in [3.63, 3.8) is 0 Å². The molecule has 5 rings (SSSR count). The molecule has 0 spiro atoms. The van der Waals surface area contributed by atoms with Crippen LogP contribution >= 0.6 is 0 Å². The molecule has 0 aromatic carbocycles. The lowest BCUT2D eigenvalue weighted by atomic mass is 10.0. The summed E-state index contributed by atoms with van der Waals surface area (Å²) in [4.78, 5) is 35.1. The number of aromatic nitrogens is 4. The first-order valence-electron chi connectivity index (χ1n) is 14.1. The summed E-state index contributed by atoms with van der Waals surface area (Å²) in [5.41, 5.74) is 1.60. The Bertz CT molecular complexity index is 1730. The van der Waals surface area contributed by atoms with E-state index >= 15 is 0 Å². The zero-order chi connectivity index (χ0) is 32.1. The minimum absolute atomic E-state index is 0.133. The van der Waals surface area contributed by atoms with E-state index in [9.17, 15) is 24.3 Å². The Morgan fingerprint density at radius 1 is 1.18 bits per heavy atom. The third-order valence-corrected chi connectivity index (χ3v) is 7.22. The molecular weight excluding hydrogens is 585 g/mol. The van der Waals surface area contributed by atoms with Crippen LogP contribution in [0.3, 0.4) is 0 Å². The summed E-state index contributed by atoms with van der Waals surface area (Å²) in [7, 11) is 0. The number of carbonyl (C=O) groups excluding carboxylic acids is 1. The summed E-state index contributed by atoms with van der Waals surface area (Å²) < 4.78 is 21.7. The van der Waals surface area contributed by atoms with Gasteiger partial charge in [0.25, 0.3) is 5.91 Å². The van der Waals surface area contributed by atoms with Crippen molar-refractivity contribution in [2.75, 3.05) is 43.0 Å². The molecule has 234 valence electrons.